The third-order valence-electron chi connectivity index (χ3n) is 4.03. The fraction of sp³-hybridized carbons (Fsp3) is 0.471. The molecule has 1 atom stereocenters. The Morgan fingerprint density at radius 1 is 1.30 bits per heavy atom. The van der Waals surface area contributed by atoms with E-state index in [-0.39, 0.29) is 10.6 Å². The maximum atomic E-state index is 12.3. The van der Waals surface area contributed by atoms with E-state index in [1.165, 1.54) is 13.0 Å². The van der Waals surface area contributed by atoms with E-state index in [9.17, 15) is 14.9 Å². The van der Waals surface area contributed by atoms with Crippen molar-refractivity contribution in [2.45, 2.75) is 50.7 Å². The summed E-state index contributed by atoms with van der Waals surface area (Å²) in [5.74, 6) is -1.12. The van der Waals surface area contributed by atoms with Gasteiger partial charge in [0, 0.05) is 0 Å². The van der Waals surface area contributed by atoms with Gasteiger partial charge in [0.25, 0.3) is 5.91 Å². The summed E-state index contributed by atoms with van der Waals surface area (Å²) in [6.45, 7) is 1.48. The highest BCUT2D eigenvalue weighted by molar-refractivity contribution is 6.33. The van der Waals surface area contributed by atoms with Crippen molar-refractivity contribution in [2.75, 3.05) is 0 Å². The number of hydrogen-bond acceptors (Lipinski definition) is 4. The van der Waals surface area contributed by atoms with Crippen molar-refractivity contribution >= 4 is 23.5 Å². The van der Waals surface area contributed by atoms with Crippen molar-refractivity contribution in [3.05, 3.63) is 34.9 Å². The van der Waals surface area contributed by atoms with Gasteiger partial charge in [-0.2, -0.15) is 5.26 Å². The number of amides is 1. The normalized spacial score (nSPS) is 17.6. The molecule has 0 aliphatic heterocycles. The Morgan fingerprint density at radius 3 is 2.57 bits per heavy atom. The Bertz CT molecular complexity index is 633. The number of ether oxygens (including phenoxy) is 1. The minimum atomic E-state index is -0.995. The maximum Gasteiger partial charge on any atom is 0.340 e. The van der Waals surface area contributed by atoms with Crippen LogP contribution < -0.4 is 5.32 Å². The zero-order chi connectivity index (χ0) is 16.9. The Kier molecular flexibility index (Phi) is 5.62. The van der Waals surface area contributed by atoms with Crippen LogP contribution in [0.5, 0.6) is 0 Å². The van der Waals surface area contributed by atoms with Crippen LogP contribution in [0.15, 0.2) is 24.3 Å². The van der Waals surface area contributed by atoms with Crippen LogP contribution >= 0.6 is 11.6 Å². The number of rotatable bonds is 4. The molecule has 1 N–H and O–H groups in total. The molecule has 6 heteroatoms. The molecule has 0 radical (unpaired) electrons. The molecule has 1 aromatic rings. The number of halogens is 1. The van der Waals surface area contributed by atoms with Crippen LogP contribution in [0, 0.1) is 11.3 Å². The second-order valence-electron chi connectivity index (χ2n) is 5.77. The molecule has 0 spiro atoms. The molecular weight excluding hydrogens is 316 g/mol. The third-order valence-corrected chi connectivity index (χ3v) is 4.36. The second-order valence-corrected chi connectivity index (χ2v) is 6.18. The molecule has 122 valence electrons. The van der Waals surface area contributed by atoms with Crippen molar-refractivity contribution < 1.29 is 14.3 Å². The lowest BCUT2D eigenvalue weighted by Gasteiger charge is -2.32. The number of hydrogen-bond donors (Lipinski definition) is 1. The minimum Gasteiger partial charge on any atom is -0.449 e. The van der Waals surface area contributed by atoms with Crippen LogP contribution in [0.1, 0.15) is 49.4 Å². The molecule has 0 saturated heterocycles. The molecule has 5 nitrogen and oxygen atoms in total. The number of carbonyl (C=O) groups excluding carboxylic acids is 2. The Hall–Kier alpha value is -2.06. The molecule has 1 aromatic carbocycles. The first-order valence-electron chi connectivity index (χ1n) is 7.66. The van der Waals surface area contributed by atoms with E-state index in [4.69, 9.17) is 16.3 Å². The molecule has 23 heavy (non-hydrogen) atoms. The van der Waals surface area contributed by atoms with Gasteiger partial charge in [0.05, 0.1) is 16.7 Å². The highest BCUT2D eigenvalue weighted by Gasteiger charge is 2.35. The van der Waals surface area contributed by atoms with Crippen molar-refractivity contribution in [3.8, 4) is 6.07 Å². The van der Waals surface area contributed by atoms with Gasteiger partial charge < -0.3 is 10.1 Å². The minimum absolute atomic E-state index is 0.210. The first-order chi connectivity index (χ1) is 11.0. The monoisotopic (exact) mass is 334 g/mol. The van der Waals surface area contributed by atoms with Gasteiger partial charge in [-0.1, -0.05) is 43.0 Å². The average Bonchev–Trinajstić information content (AvgIpc) is 2.55. The summed E-state index contributed by atoms with van der Waals surface area (Å²) in [6.07, 6.45) is 3.13. The average molecular weight is 335 g/mol. The highest BCUT2D eigenvalue weighted by atomic mass is 35.5. The molecule has 1 unspecified atom stereocenters. The number of esters is 1. The largest absolute Gasteiger partial charge is 0.449 e. The van der Waals surface area contributed by atoms with Gasteiger partial charge in [-0.3, -0.25) is 4.79 Å². The number of nitriles is 1. The number of benzene rings is 1. The van der Waals surface area contributed by atoms with Crippen molar-refractivity contribution in [2.24, 2.45) is 0 Å². The van der Waals surface area contributed by atoms with E-state index in [0.717, 1.165) is 19.3 Å². The summed E-state index contributed by atoms with van der Waals surface area (Å²) in [4.78, 5) is 24.3. The van der Waals surface area contributed by atoms with Gasteiger partial charge in [-0.25, -0.2) is 4.79 Å². The molecule has 0 heterocycles. The van der Waals surface area contributed by atoms with Gasteiger partial charge >= 0.3 is 5.97 Å². The highest BCUT2D eigenvalue weighted by Crippen LogP contribution is 2.27. The molecule has 1 saturated carbocycles. The smallest absolute Gasteiger partial charge is 0.340 e. The summed E-state index contributed by atoms with van der Waals surface area (Å²) >= 11 is 5.94. The van der Waals surface area contributed by atoms with Crippen LogP contribution in [0.2, 0.25) is 5.02 Å². The summed E-state index contributed by atoms with van der Waals surface area (Å²) in [5.41, 5.74) is -0.637. The molecular formula is C17H19ClN2O3. The van der Waals surface area contributed by atoms with Gasteiger partial charge in [0.2, 0.25) is 0 Å². The molecule has 1 fully saturated rings. The van der Waals surface area contributed by atoms with E-state index < -0.39 is 23.5 Å². The van der Waals surface area contributed by atoms with Gasteiger partial charge in [-0.05, 0) is 31.9 Å². The van der Waals surface area contributed by atoms with Gasteiger partial charge in [-0.15, -0.1) is 0 Å². The number of carbonyl (C=O) groups is 2. The lowest BCUT2D eigenvalue weighted by Crippen LogP contribution is -2.52. The van der Waals surface area contributed by atoms with Crippen LogP contribution in [-0.2, 0) is 9.53 Å². The summed E-state index contributed by atoms with van der Waals surface area (Å²) in [5, 5.41) is 12.4. The first-order valence-corrected chi connectivity index (χ1v) is 8.04. The lowest BCUT2D eigenvalue weighted by atomic mass is 9.83. The lowest BCUT2D eigenvalue weighted by molar-refractivity contribution is -0.130. The van der Waals surface area contributed by atoms with Crippen LogP contribution in [0.4, 0.5) is 0 Å². The third kappa shape index (κ3) is 4.23. The molecule has 1 aliphatic carbocycles. The fourth-order valence-electron chi connectivity index (χ4n) is 2.66. The maximum absolute atomic E-state index is 12.3. The molecule has 0 bridgehead atoms. The zero-order valence-electron chi connectivity index (χ0n) is 13.0. The topological polar surface area (TPSA) is 79.2 Å². The predicted molar refractivity (Wildman–Crippen MR) is 85.9 cm³/mol. The SMILES string of the molecule is CC(OC(=O)c1ccccc1Cl)C(=O)NC1(C#N)CCCCC1. The fourth-order valence-corrected chi connectivity index (χ4v) is 2.87. The number of nitrogens with zero attached hydrogens (tertiary/aromatic N) is 1. The second kappa shape index (κ2) is 7.47. The van der Waals surface area contributed by atoms with E-state index in [0.29, 0.717) is 12.8 Å². The molecule has 2 rings (SSSR count). The van der Waals surface area contributed by atoms with Gasteiger partial charge in [0.1, 0.15) is 5.54 Å². The summed E-state index contributed by atoms with van der Waals surface area (Å²) in [7, 11) is 0. The van der Waals surface area contributed by atoms with Crippen molar-refractivity contribution in [3.63, 3.8) is 0 Å². The molecule has 1 amide bonds. The Labute approximate surface area is 140 Å². The summed E-state index contributed by atoms with van der Waals surface area (Å²) < 4.78 is 5.17. The Morgan fingerprint density at radius 2 is 1.96 bits per heavy atom. The molecule has 0 aromatic heterocycles. The van der Waals surface area contributed by atoms with E-state index in [2.05, 4.69) is 11.4 Å². The van der Waals surface area contributed by atoms with Crippen LogP contribution in [-0.4, -0.2) is 23.5 Å². The Balaban J connectivity index is 1.99. The van der Waals surface area contributed by atoms with Crippen molar-refractivity contribution in [1.29, 1.82) is 5.26 Å². The number of nitrogens with one attached hydrogen (secondary N) is 1. The van der Waals surface area contributed by atoms with Gasteiger partial charge in [0.15, 0.2) is 6.10 Å². The standard InChI is InChI=1S/C17H19ClN2O3/c1-12(23-16(22)13-7-3-4-8-14(13)18)15(21)20-17(11-19)9-5-2-6-10-17/h3-4,7-8,12H,2,5-6,9-10H2,1H3,(H,20,21). The quantitative estimate of drug-likeness (QED) is 0.857. The van der Waals surface area contributed by atoms with E-state index >= 15 is 0 Å². The van der Waals surface area contributed by atoms with Crippen LogP contribution in [0.3, 0.4) is 0 Å². The van der Waals surface area contributed by atoms with E-state index in [1.54, 1.807) is 18.2 Å². The van der Waals surface area contributed by atoms with Crippen LogP contribution in [0.25, 0.3) is 0 Å². The predicted octanol–water partition coefficient (Wildman–Crippen LogP) is 3.23. The molecule has 1 aliphatic rings. The summed E-state index contributed by atoms with van der Waals surface area (Å²) in [6, 6.07) is 8.69. The first kappa shape index (κ1) is 17.3. The zero-order valence-corrected chi connectivity index (χ0v) is 13.7. The van der Waals surface area contributed by atoms with E-state index in [1.807, 2.05) is 0 Å². The van der Waals surface area contributed by atoms with Crippen molar-refractivity contribution in [1.82, 2.24) is 5.32 Å².